The minimum Gasteiger partial charge on any atom is -0.484 e. The number of benzene rings is 2. The average molecular weight is 284 g/mol. The Labute approximate surface area is 122 Å². The maximum absolute atomic E-state index is 11.8. The lowest BCUT2D eigenvalue weighted by atomic mass is 10.2. The van der Waals surface area contributed by atoms with Crippen LogP contribution in [0.25, 0.3) is 0 Å². The molecule has 0 aliphatic carbocycles. The summed E-state index contributed by atoms with van der Waals surface area (Å²) in [5, 5.41) is 5.73. The summed E-state index contributed by atoms with van der Waals surface area (Å²) in [5.41, 5.74) is 2.18. The van der Waals surface area contributed by atoms with Crippen molar-refractivity contribution in [3.63, 3.8) is 0 Å². The highest BCUT2D eigenvalue weighted by Gasteiger charge is 2.04. The summed E-state index contributed by atoms with van der Waals surface area (Å²) in [7, 11) is 1.83. The number of carbonyl (C=O) groups excluding carboxylic acids is 2. The molecule has 0 atom stereocenters. The van der Waals surface area contributed by atoms with E-state index in [1.807, 2.05) is 19.2 Å². The molecule has 0 bridgehead atoms. The van der Waals surface area contributed by atoms with Gasteiger partial charge in [-0.25, -0.2) is 0 Å². The van der Waals surface area contributed by atoms with E-state index in [9.17, 15) is 9.59 Å². The molecule has 0 saturated heterocycles. The lowest BCUT2D eigenvalue weighted by Gasteiger charge is -2.08. The van der Waals surface area contributed by atoms with Crippen molar-refractivity contribution in [2.24, 2.45) is 0 Å². The van der Waals surface area contributed by atoms with Gasteiger partial charge in [0.05, 0.1) is 0 Å². The zero-order valence-corrected chi connectivity index (χ0v) is 11.6. The number of anilines is 2. The van der Waals surface area contributed by atoms with Crippen molar-refractivity contribution in [2.45, 2.75) is 0 Å². The van der Waals surface area contributed by atoms with Crippen LogP contribution in [-0.4, -0.2) is 25.8 Å². The van der Waals surface area contributed by atoms with Crippen LogP contribution in [0, 0.1) is 0 Å². The van der Waals surface area contributed by atoms with Gasteiger partial charge in [0.25, 0.3) is 5.91 Å². The molecule has 5 heteroatoms. The van der Waals surface area contributed by atoms with Crippen LogP contribution in [-0.2, 0) is 4.79 Å². The predicted molar refractivity (Wildman–Crippen MR) is 81.9 cm³/mol. The normalized spacial score (nSPS) is 9.76. The summed E-state index contributed by atoms with van der Waals surface area (Å²) in [6, 6.07) is 14.0. The first kappa shape index (κ1) is 14.6. The third kappa shape index (κ3) is 4.35. The van der Waals surface area contributed by atoms with Gasteiger partial charge in [0, 0.05) is 24.0 Å². The Morgan fingerprint density at radius 3 is 2.52 bits per heavy atom. The van der Waals surface area contributed by atoms with Gasteiger partial charge < -0.3 is 15.4 Å². The molecule has 0 spiro atoms. The summed E-state index contributed by atoms with van der Waals surface area (Å²) in [5.74, 6) is 0.226. The third-order valence-electron chi connectivity index (χ3n) is 2.82. The van der Waals surface area contributed by atoms with Crippen LogP contribution < -0.4 is 15.4 Å². The number of carbonyl (C=O) groups is 2. The lowest BCUT2D eigenvalue weighted by molar-refractivity contribution is -0.118. The van der Waals surface area contributed by atoms with Gasteiger partial charge in [-0.2, -0.15) is 0 Å². The lowest BCUT2D eigenvalue weighted by Crippen LogP contribution is -2.20. The van der Waals surface area contributed by atoms with Crippen molar-refractivity contribution in [1.29, 1.82) is 0 Å². The fourth-order valence-electron chi connectivity index (χ4n) is 1.74. The highest BCUT2D eigenvalue weighted by atomic mass is 16.5. The maximum atomic E-state index is 11.8. The van der Waals surface area contributed by atoms with Crippen molar-refractivity contribution in [3.8, 4) is 5.75 Å². The zero-order chi connectivity index (χ0) is 15.1. The molecule has 0 aliphatic rings. The molecule has 0 saturated carbocycles. The van der Waals surface area contributed by atoms with Crippen LogP contribution in [0.4, 0.5) is 11.4 Å². The Bertz CT molecular complexity index is 624. The van der Waals surface area contributed by atoms with Crippen molar-refractivity contribution in [3.05, 3.63) is 54.1 Å². The van der Waals surface area contributed by atoms with Crippen molar-refractivity contribution in [2.75, 3.05) is 24.3 Å². The Hall–Kier alpha value is -2.82. The van der Waals surface area contributed by atoms with Gasteiger partial charge in [0.2, 0.25) is 0 Å². The fraction of sp³-hybridized carbons (Fsp3) is 0.125. The first-order valence-electron chi connectivity index (χ1n) is 6.47. The van der Waals surface area contributed by atoms with Gasteiger partial charge in [0.15, 0.2) is 6.61 Å². The monoisotopic (exact) mass is 284 g/mol. The summed E-state index contributed by atoms with van der Waals surface area (Å²) in [4.78, 5) is 22.4. The van der Waals surface area contributed by atoms with Gasteiger partial charge >= 0.3 is 0 Å². The number of aldehydes is 1. The Morgan fingerprint density at radius 1 is 1.14 bits per heavy atom. The molecule has 0 aromatic heterocycles. The second-order valence-corrected chi connectivity index (χ2v) is 4.35. The van der Waals surface area contributed by atoms with Gasteiger partial charge in [-0.3, -0.25) is 9.59 Å². The summed E-state index contributed by atoms with van der Waals surface area (Å²) in [6.07, 6.45) is 0.732. The van der Waals surface area contributed by atoms with E-state index in [1.54, 1.807) is 36.4 Å². The number of hydrogen-bond donors (Lipinski definition) is 2. The van der Waals surface area contributed by atoms with Gasteiger partial charge in [-0.1, -0.05) is 12.1 Å². The second-order valence-electron chi connectivity index (χ2n) is 4.35. The minimum absolute atomic E-state index is 0.115. The summed E-state index contributed by atoms with van der Waals surface area (Å²) >= 11 is 0. The second kappa shape index (κ2) is 7.09. The Kier molecular flexibility index (Phi) is 4.93. The molecule has 0 fully saturated rings. The highest BCUT2D eigenvalue weighted by molar-refractivity contribution is 5.92. The number of hydrogen-bond acceptors (Lipinski definition) is 4. The van der Waals surface area contributed by atoms with Crippen LogP contribution in [0.1, 0.15) is 10.4 Å². The summed E-state index contributed by atoms with van der Waals surface area (Å²) < 4.78 is 5.34. The van der Waals surface area contributed by atoms with Gasteiger partial charge in [0.1, 0.15) is 12.0 Å². The molecule has 2 rings (SSSR count). The predicted octanol–water partition coefficient (Wildman–Crippen LogP) is 2.56. The summed E-state index contributed by atoms with van der Waals surface area (Å²) in [6.45, 7) is -0.115. The standard InChI is InChI=1S/C16H16N2O3/c1-17-13-5-7-14(8-6-13)18-16(20)11-21-15-4-2-3-12(9-15)10-19/h2-10,17H,11H2,1H3,(H,18,20). The van der Waals surface area contributed by atoms with E-state index < -0.39 is 0 Å². The number of amides is 1. The third-order valence-corrected chi connectivity index (χ3v) is 2.82. The zero-order valence-electron chi connectivity index (χ0n) is 11.6. The maximum Gasteiger partial charge on any atom is 0.262 e. The van der Waals surface area contributed by atoms with Crippen LogP contribution in [0.2, 0.25) is 0 Å². The average Bonchev–Trinajstić information content (AvgIpc) is 2.54. The SMILES string of the molecule is CNc1ccc(NC(=O)COc2cccc(C=O)c2)cc1. The molecule has 2 aromatic rings. The molecule has 2 aromatic carbocycles. The van der Waals surface area contributed by atoms with Crippen molar-refractivity contribution in [1.82, 2.24) is 0 Å². The molecule has 21 heavy (non-hydrogen) atoms. The van der Waals surface area contributed by atoms with Crippen LogP contribution in [0.15, 0.2) is 48.5 Å². The van der Waals surface area contributed by atoms with Crippen LogP contribution >= 0.6 is 0 Å². The van der Waals surface area contributed by atoms with E-state index in [4.69, 9.17) is 4.74 Å². The molecule has 0 radical (unpaired) electrons. The molecule has 0 unspecified atom stereocenters. The Balaban J connectivity index is 1.87. The molecule has 108 valence electrons. The molecule has 0 aliphatic heterocycles. The Morgan fingerprint density at radius 2 is 1.86 bits per heavy atom. The van der Waals surface area contributed by atoms with Crippen LogP contribution in [0.5, 0.6) is 5.75 Å². The highest BCUT2D eigenvalue weighted by Crippen LogP contribution is 2.14. The molecular formula is C16H16N2O3. The van der Waals surface area contributed by atoms with E-state index in [0.29, 0.717) is 17.0 Å². The topological polar surface area (TPSA) is 67.4 Å². The first-order chi connectivity index (χ1) is 10.2. The first-order valence-corrected chi connectivity index (χ1v) is 6.47. The number of ether oxygens (including phenoxy) is 1. The molecule has 0 heterocycles. The number of nitrogens with one attached hydrogen (secondary N) is 2. The van der Waals surface area contributed by atoms with Gasteiger partial charge in [-0.15, -0.1) is 0 Å². The fourth-order valence-corrected chi connectivity index (χ4v) is 1.74. The van der Waals surface area contributed by atoms with E-state index in [-0.39, 0.29) is 12.5 Å². The molecule has 1 amide bonds. The smallest absolute Gasteiger partial charge is 0.262 e. The van der Waals surface area contributed by atoms with Crippen molar-refractivity contribution >= 4 is 23.6 Å². The number of rotatable bonds is 6. The van der Waals surface area contributed by atoms with E-state index >= 15 is 0 Å². The molecule has 5 nitrogen and oxygen atoms in total. The minimum atomic E-state index is -0.260. The van der Waals surface area contributed by atoms with Crippen molar-refractivity contribution < 1.29 is 14.3 Å². The van der Waals surface area contributed by atoms with E-state index in [2.05, 4.69) is 10.6 Å². The quantitative estimate of drug-likeness (QED) is 0.800. The molecular weight excluding hydrogens is 268 g/mol. The van der Waals surface area contributed by atoms with E-state index in [0.717, 1.165) is 12.0 Å². The van der Waals surface area contributed by atoms with Crippen LogP contribution in [0.3, 0.4) is 0 Å². The van der Waals surface area contributed by atoms with E-state index in [1.165, 1.54) is 0 Å². The largest absolute Gasteiger partial charge is 0.484 e. The van der Waals surface area contributed by atoms with Gasteiger partial charge in [-0.05, 0) is 36.4 Å². The molecule has 2 N–H and O–H groups in total.